The van der Waals surface area contributed by atoms with Gasteiger partial charge in [0.05, 0.1) is 25.6 Å². The summed E-state index contributed by atoms with van der Waals surface area (Å²) in [7, 11) is -4.69. The summed E-state index contributed by atoms with van der Waals surface area (Å²) in [4.78, 5) is 38.9. The summed E-state index contributed by atoms with van der Waals surface area (Å²) in [5.41, 5.74) is 6.96. The second-order valence-electron chi connectivity index (χ2n) is 6.86. The summed E-state index contributed by atoms with van der Waals surface area (Å²) in [6.45, 7) is -0.173. The Morgan fingerprint density at radius 3 is 2.90 bits per heavy atom. The molecule has 2 aromatic rings. The monoisotopic (exact) mass is 425 g/mol. The van der Waals surface area contributed by atoms with Gasteiger partial charge in [-0.1, -0.05) is 18.2 Å². The zero-order valence-corrected chi connectivity index (χ0v) is 16.1. The molecule has 5 N–H and O–H groups in total. The maximum Gasteiger partial charge on any atom is 0.469 e. The first-order chi connectivity index (χ1) is 13.7. The van der Waals surface area contributed by atoms with Gasteiger partial charge in [-0.05, 0) is 12.0 Å². The number of nitrogens with zero attached hydrogens (tertiary/aromatic N) is 4. The molecule has 2 aromatic heterocycles. The number of phosphoric ester groups is 1. The maximum atomic E-state index is 12.8. The standard InChI is InChI=1S/C16H20N5O7P/c17-16-19-14-13(15(23)20(16)6-9-3-1-2-4-9)18-8-21(14)12-5-10(22)11(28-12)7-27-29(24,25)26/h1-3,8,10-12,22H,4-7H2,(H2,17,19)(H2,24,25,26)/t10-,11+,12+/m0/s1. The van der Waals surface area contributed by atoms with Crippen molar-refractivity contribution in [3.05, 3.63) is 40.5 Å². The number of ether oxygens (including phenoxy) is 1. The Kier molecular flexibility index (Phi) is 5.15. The van der Waals surface area contributed by atoms with Gasteiger partial charge in [0.2, 0.25) is 5.95 Å². The number of allylic oxidation sites excluding steroid dienone is 4. The highest BCUT2D eigenvalue weighted by Crippen LogP contribution is 2.38. The minimum absolute atomic E-state index is 0.0250. The molecule has 0 radical (unpaired) electrons. The molecule has 156 valence electrons. The molecule has 2 aliphatic rings. The second kappa shape index (κ2) is 7.48. The number of hydrogen-bond donors (Lipinski definition) is 4. The van der Waals surface area contributed by atoms with E-state index in [9.17, 15) is 14.5 Å². The Morgan fingerprint density at radius 2 is 2.21 bits per heavy atom. The molecule has 0 spiro atoms. The highest BCUT2D eigenvalue weighted by Gasteiger charge is 2.37. The Labute approximate surface area is 164 Å². The van der Waals surface area contributed by atoms with Crippen LogP contribution in [0.25, 0.3) is 11.2 Å². The number of imidazole rings is 1. The van der Waals surface area contributed by atoms with E-state index in [-0.39, 0.29) is 29.1 Å². The molecule has 0 aromatic carbocycles. The van der Waals surface area contributed by atoms with Gasteiger partial charge in [0.1, 0.15) is 12.3 Å². The van der Waals surface area contributed by atoms with Crippen molar-refractivity contribution in [3.8, 4) is 0 Å². The van der Waals surface area contributed by atoms with Crippen LogP contribution in [0.4, 0.5) is 5.95 Å². The number of fused-ring (bicyclic) bond motifs is 1. The fourth-order valence-corrected chi connectivity index (χ4v) is 3.74. The zero-order valence-electron chi connectivity index (χ0n) is 15.2. The van der Waals surface area contributed by atoms with Crippen molar-refractivity contribution in [1.82, 2.24) is 19.1 Å². The first kappa shape index (κ1) is 20.0. The van der Waals surface area contributed by atoms with Crippen molar-refractivity contribution in [2.45, 2.75) is 37.8 Å². The fraction of sp³-hybridized carbons (Fsp3) is 0.438. The van der Waals surface area contributed by atoms with Gasteiger partial charge in [0, 0.05) is 6.42 Å². The lowest BCUT2D eigenvalue weighted by atomic mass is 10.2. The summed E-state index contributed by atoms with van der Waals surface area (Å²) in [5, 5.41) is 10.1. The van der Waals surface area contributed by atoms with Gasteiger partial charge >= 0.3 is 7.82 Å². The van der Waals surface area contributed by atoms with Crippen LogP contribution < -0.4 is 11.3 Å². The number of anilines is 1. The first-order valence-corrected chi connectivity index (χ1v) is 10.4. The summed E-state index contributed by atoms with van der Waals surface area (Å²) in [6.07, 6.45) is 5.29. The second-order valence-corrected chi connectivity index (χ2v) is 8.10. The van der Waals surface area contributed by atoms with Gasteiger partial charge in [-0.3, -0.25) is 18.5 Å². The number of aromatic nitrogens is 4. The van der Waals surface area contributed by atoms with Gasteiger partial charge < -0.3 is 25.4 Å². The molecule has 3 heterocycles. The maximum absolute atomic E-state index is 12.8. The molecule has 0 amide bonds. The van der Waals surface area contributed by atoms with Crippen LogP contribution in [0.1, 0.15) is 19.1 Å². The molecule has 0 unspecified atom stereocenters. The molecule has 0 saturated carbocycles. The molecule has 13 heteroatoms. The van der Waals surface area contributed by atoms with Crippen molar-refractivity contribution in [2.75, 3.05) is 12.3 Å². The predicted molar refractivity (Wildman–Crippen MR) is 101 cm³/mol. The predicted octanol–water partition coefficient (Wildman–Crippen LogP) is -0.181. The summed E-state index contributed by atoms with van der Waals surface area (Å²) < 4.78 is 23.7. The Hall–Kier alpha value is -2.34. The lowest BCUT2D eigenvalue weighted by Crippen LogP contribution is -2.26. The highest BCUT2D eigenvalue weighted by molar-refractivity contribution is 7.46. The van der Waals surface area contributed by atoms with E-state index in [4.69, 9.17) is 20.3 Å². The average Bonchev–Trinajstić information content (AvgIpc) is 3.36. The topological polar surface area (TPSA) is 175 Å². The number of hydrogen-bond acceptors (Lipinski definition) is 8. The van der Waals surface area contributed by atoms with Crippen molar-refractivity contribution in [3.63, 3.8) is 0 Å². The van der Waals surface area contributed by atoms with Gasteiger partial charge in [-0.25, -0.2) is 9.55 Å². The van der Waals surface area contributed by atoms with Crippen molar-refractivity contribution < 1.29 is 28.7 Å². The zero-order chi connectivity index (χ0) is 20.8. The van der Waals surface area contributed by atoms with Gasteiger partial charge in [-0.2, -0.15) is 4.98 Å². The molecule has 1 fully saturated rings. The molecule has 4 rings (SSSR count). The van der Waals surface area contributed by atoms with Gasteiger partial charge in [0.15, 0.2) is 11.2 Å². The summed E-state index contributed by atoms with van der Waals surface area (Å²) >= 11 is 0. The van der Waals surface area contributed by atoms with Crippen LogP contribution >= 0.6 is 7.82 Å². The molecule has 29 heavy (non-hydrogen) atoms. The normalized spacial score (nSPS) is 24.5. The molecule has 1 aliphatic heterocycles. The molecular weight excluding hydrogens is 405 g/mol. The highest BCUT2D eigenvalue weighted by atomic mass is 31.2. The Morgan fingerprint density at radius 1 is 1.41 bits per heavy atom. The molecular formula is C16H20N5O7P. The third-order valence-corrected chi connectivity index (χ3v) is 5.33. The number of aliphatic hydroxyl groups is 1. The third-order valence-electron chi connectivity index (χ3n) is 4.84. The van der Waals surface area contributed by atoms with Crippen LogP contribution in [0.15, 0.2) is 34.9 Å². The molecule has 1 saturated heterocycles. The number of rotatable bonds is 6. The smallest absolute Gasteiger partial charge is 0.390 e. The minimum atomic E-state index is -4.69. The third kappa shape index (κ3) is 4.04. The van der Waals surface area contributed by atoms with E-state index in [1.54, 1.807) is 0 Å². The van der Waals surface area contributed by atoms with Crippen molar-refractivity contribution in [1.29, 1.82) is 0 Å². The first-order valence-electron chi connectivity index (χ1n) is 8.84. The minimum Gasteiger partial charge on any atom is -0.390 e. The summed E-state index contributed by atoms with van der Waals surface area (Å²) in [5.74, 6) is 0.0250. The van der Waals surface area contributed by atoms with E-state index >= 15 is 0 Å². The van der Waals surface area contributed by atoms with E-state index in [0.29, 0.717) is 6.54 Å². The molecule has 3 atom stereocenters. The van der Waals surface area contributed by atoms with Crippen LogP contribution in [0.2, 0.25) is 0 Å². The van der Waals surface area contributed by atoms with E-state index < -0.39 is 32.9 Å². The SMILES string of the molecule is Nc1nc2c(ncn2[C@H]2C[C@H](O)[C@@H](COP(=O)(O)O)O2)c(=O)n1CC1=CC=CC1. The van der Waals surface area contributed by atoms with Crippen LogP contribution in [0, 0.1) is 0 Å². The number of nitrogens with two attached hydrogens (primary N) is 1. The number of phosphoric acid groups is 1. The van der Waals surface area contributed by atoms with E-state index in [2.05, 4.69) is 14.5 Å². The average molecular weight is 425 g/mol. The molecule has 1 aliphatic carbocycles. The molecule has 0 bridgehead atoms. The van der Waals surface area contributed by atoms with Crippen LogP contribution in [0.5, 0.6) is 0 Å². The largest absolute Gasteiger partial charge is 0.469 e. The van der Waals surface area contributed by atoms with E-state index in [1.807, 2.05) is 18.2 Å². The lowest BCUT2D eigenvalue weighted by molar-refractivity contribution is -0.0424. The Bertz CT molecular complexity index is 1100. The van der Waals surface area contributed by atoms with E-state index in [1.165, 1.54) is 15.5 Å². The van der Waals surface area contributed by atoms with Crippen molar-refractivity contribution >= 4 is 24.9 Å². The fourth-order valence-electron chi connectivity index (χ4n) is 3.40. The van der Waals surface area contributed by atoms with Crippen LogP contribution in [0.3, 0.4) is 0 Å². The van der Waals surface area contributed by atoms with Crippen LogP contribution in [-0.2, 0) is 20.4 Å². The lowest BCUT2D eigenvalue weighted by Gasteiger charge is -2.16. The van der Waals surface area contributed by atoms with Gasteiger partial charge in [-0.15, -0.1) is 0 Å². The molecule has 12 nitrogen and oxygen atoms in total. The Balaban J connectivity index is 1.59. The van der Waals surface area contributed by atoms with Crippen LogP contribution in [-0.4, -0.2) is 52.8 Å². The summed E-state index contributed by atoms with van der Waals surface area (Å²) in [6, 6.07) is 0. The number of nitrogen functional groups attached to an aromatic ring is 1. The van der Waals surface area contributed by atoms with Gasteiger partial charge in [0.25, 0.3) is 5.56 Å². The quantitative estimate of drug-likeness (QED) is 0.454. The number of aliphatic hydroxyl groups excluding tert-OH is 1. The van der Waals surface area contributed by atoms with E-state index in [0.717, 1.165) is 12.0 Å². The van der Waals surface area contributed by atoms with Crippen molar-refractivity contribution in [2.24, 2.45) is 0 Å².